The summed E-state index contributed by atoms with van der Waals surface area (Å²) in [5, 5.41) is 54.7. The Morgan fingerprint density at radius 2 is 1.31 bits per heavy atom. The van der Waals surface area contributed by atoms with Gasteiger partial charge < -0.3 is 40.3 Å². The Labute approximate surface area is 306 Å². The number of ether oxygens (including phenoxy) is 2. The van der Waals surface area contributed by atoms with Crippen molar-refractivity contribution in [3.8, 4) is 0 Å². The smallest absolute Gasteiger partial charge is 0.394 e. The largest absolute Gasteiger partial charge is 0.397 e. The molecular weight excluding hydrogens is 682 g/mol. The summed E-state index contributed by atoms with van der Waals surface area (Å²) in [6.07, 6.45) is 17.2. The quantitative estimate of drug-likeness (QED) is 0.0290. The number of allylic oxidation sites excluding steroid dienone is 3. The van der Waals surface area contributed by atoms with Crippen LogP contribution in [0.25, 0.3) is 0 Å². The Bertz CT molecular complexity index is 1040. The molecule has 1 aliphatic heterocycles. The number of hydrogen-bond acceptors (Lipinski definition) is 11. The molecule has 0 aromatic rings. The highest BCUT2D eigenvalue weighted by atomic mass is 32.3. The molecule has 1 heterocycles. The number of aliphatic hydroxyl groups is 5. The van der Waals surface area contributed by atoms with E-state index in [1.54, 1.807) is 6.08 Å². The molecule has 7 N–H and O–H groups in total. The van der Waals surface area contributed by atoms with E-state index in [2.05, 4.69) is 35.5 Å². The van der Waals surface area contributed by atoms with Crippen molar-refractivity contribution in [1.29, 1.82) is 0 Å². The molecule has 14 heteroatoms. The summed E-state index contributed by atoms with van der Waals surface area (Å²) in [5.41, 5.74) is 0. The first-order valence-corrected chi connectivity index (χ1v) is 20.7. The van der Waals surface area contributed by atoms with Crippen molar-refractivity contribution in [2.45, 2.75) is 191 Å². The van der Waals surface area contributed by atoms with Gasteiger partial charge in [0.05, 0.1) is 25.4 Å². The van der Waals surface area contributed by atoms with Gasteiger partial charge in [0.1, 0.15) is 30.5 Å². The highest BCUT2D eigenvalue weighted by Crippen LogP contribution is 2.26. The molecule has 8 unspecified atom stereocenters. The van der Waals surface area contributed by atoms with Gasteiger partial charge in [-0.25, -0.2) is 4.18 Å². The third-order valence-corrected chi connectivity index (χ3v) is 9.56. The molecule has 0 aliphatic carbocycles. The SMILES string of the molecule is CCCCCCCC/C=C/CC/C=C/C(O)C(COC1OC(CO)C(O)C(OS(=O)(=O)O)C1O)NC(=O)C(O)CCCCCCCCCCCC. The Kier molecular flexibility index (Phi) is 27.0. The van der Waals surface area contributed by atoms with Crippen molar-refractivity contribution < 1.29 is 57.0 Å². The summed E-state index contributed by atoms with van der Waals surface area (Å²) >= 11 is 0. The minimum atomic E-state index is -5.11. The number of amides is 1. The summed E-state index contributed by atoms with van der Waals surface area (Å²) in [4.78, 5) is 13.0. The lowest BCUT2D eigenvalue weighted by atomic mass is 9.99. The summed E-state index contributed by atoms with van der Waals surface area (Å²) < 4.78 is 47.2. The molecule has 0 radical (unpaired) electrons. The summed E-state index contributed by atoms with van der Waals surface area (Å²) in [6, 6.07) is -1.13. The van der Waals surface area contributed by atoms with E-state index in [0.29, 0.717) is 12.8 Å². The number of carbonyl (C=O) groups is 1. The van der Waals surface area contributed by atoms with E-state index in [1.807, 2.05) is 0 Å². The molecular formula is C37H69NO12S. The predicted octanol–water partition coefficient (Wildman–Crippen LogP) is 4.79. The van der Waals surface area contributed by atoms with Crippen LogP contribution in [-0.2, 0) is 28.9 Å². The highest BCUT2D eigenvalue weighted by molar-refractivity contribution is 7.80. The molecule has 51 heavy (non-hydrogen) atoms. The lowest BCUT2D eigenvalue weighted by molar-refractivity contribution is -0.298. The zero-order chi connectivity index (χ0) is 37.9. The Balaban J connectivity index is 2.75. The van der Waals surface area contributed by atoms with Gasteiger partial charge in [-0.1, -0.05) is 134 Å². The van der Waals surface area contributed by atoms with Crippen molar-refractivity contribution in [1.82, 2.24) is 5.32 Å². The van der Waals surface area contributed by atoms with E-state index < -0.39 is 78.5 Å². The molecule has 8 atom stereocenters. The number of carbonyl (C=O) groups excluding carboxylic acids is 1. The minimum Gasteiger partial charge on any atom is -0.394 e. The fourth-order valence-electron chi connectivity index (χ4n) is 5.94. The van der Waals surface area contributed by atoms with Crippen molar-refractivity contribution in [2.24, 2.45) is 0 Å². The van der Waals surface area contributed by atoms with E-state index in [4.69, 9.17) is 14.0 Å². The number of hydrogen-bond donors (Lipinski definition) is 7. The normalized spacial score (nSPS) is 23.2. The van der Waals surface area contributed by atoms with Gasteiger partial charge in [0.15, 0.2) is 6.29 Å². The predicted molar refractivity (Wildman–Crippen MR) is 196 cm³/mol. The summed E-state index contributed by atoms with van der Waals surface area (Å²) in [6.45, 7) is 3.12. The van der Waals surface area contributed by atoms with Crippen LogP contribution >= 0.6 is 0 Å². The Morgan fingerprint density at radius 3 is 1.88 bits per heavy atom. The van der Waals surface area contributed by atoms with Gasteiger partial charge in [-0.2, -0.15) is 8.42 Å². The van der Waals surface area contributed by atoms with Gasteiger partial charge in [-0.15, -0.1) is 0 Å². The van der Waals surface area contributed by atoms with Gasteiger partial charge in [-0.3, -0.25) is 9.35 Å². The van der Waals surface area contributed by atoms with Gasteiger partial charge in [0.25, 0.3) is 0 Å². The van der Waals surface area contributed by atoms with Crippen LogP contribution in [-0.4, -0.2) is 107 Å². The fourth-order valence-corrected chi connectivity index (χ4v) is 6.45. The van der Waals surface area contributed by atoms with Gasteiger partial charge in [0.2, 0.25) is 5.91 Å². The van der Waals surface area contributed by atoms with E-state index in [-0.39, 0.29) is 6.42 Å². The topological polar surface area (TPSA) is 212 Å². The monoisotopic (exact) mass is 751 g/mol. The molecule has 0 spiro atoms. The van der Waals surface area contributed by atoms with Gasteiger partial charge in [0, 0.05) is 0 Å². The lowest BCUT2D eigenvalue weighted by Gasteiger charge is -2.41. The molecule has 0 aromatic carbocycles. The highest BCUT2D eigenvalue weighted by Gasteiger charge is 2.48. The van der Waals surface area contributed by atoms with Crippen molar-refractivity contribution in [3.05, 3.63) is 24.3 Å². The average molecular weight is 752 g/mol. The summed E-state index contributed by atoms with van der Waals surface area (Å²) in [7, 11) is -5.11. The van der Waals surface area contributed by atoms with Crippen LogP contribution in [0.5, 0.6) is 0 Å². The molecule has 1 fully saturated rings. The van der Waals surface area contributed by atoms with Crippen LogP contribution < -0.4 is 5.32 Å². The molecule has 1 saturated heterocycles. The zero-order valence-corrected chi connectivity index (χ0v) is 31.8. The second-order valence-corrected chi connectivity index (χ2v) is 14.7. The molecule has 13 nitrogen and oxygen atoms in total. The van der Waals surface area contributed by atoms with E-state index in [1.165, 1.54) is 76.7 Å². The standard InChI is InChI=1S/C37H69NO12S/c1-3-5-7-9-11-13-15-16-18-19-21-23-25-30(40)29(38-36(44)31(41)26-24-22-20-17-14-12-10-8-6-4-2)28-48-37-34(43)35(50-51(45,46)47)33(42)32(27-39)49-37/h16,18,23,25,29-35,37,39-43H,3-15,17,19-22,24,26-28H2,1-2H3,(H,38,44)(H,45,46,47)/b18-16+,25-23+. The third-order valence-electron chi connectivity index (χ3n) is 9.09. The number of aliphatic hydroxyl groups excluding tert-OH is 5. The minimum absolute atomic E-state index is 0.238. The van der Waals surface area contributed by atoms with Crippen LogP contribution in [0.15, 0.2) is 24.3 Å². The van der Waals surface area contributed by atoms with Crippen LogP contribution in [0.3, 0.4) is 0 Å². The molecule has 0 saturated carbocycles. The van der Waals surface area contributed by atoms with Crippen molar-refractivity contribution in [3.63, 3.8) is 0 Å². The second-order valence-electron chi connectivity index (χ2n) is 13.7. The molecule has 0 bridgehead atoms. The van der Waals surface area contributed by atoms with E-state index in [9.17, 15) is 38.7 Å². The number of nitrogens with one attached hydrogen (secondary N) is 1. The maximum Gasteiger partial charge on any atom is 0.397 e. The van der Waals surface area contributed by atoms with Gasteiger partial charge >= 0.3 is 10.4 Å². The van der Waals surface area contributed by atoms with Crippen molar-refractivity contribution in [2.75, 3.05) is 13.2 Å². The molecule has 0 aromatic heterocycles. The maximum atomic E-state index is 13.0. The lowest BCUT2D eigenvalue weighted by Crippen LogP contribution is -2.61. The fraction of sp³-hybridized carbons (Fsp3) is 0.865. The van der Waals surface area contributed by atoms with E-state index in [0.717, 1.165) is 38.5 Å². The van der Waals surface area contributed by atoms with Crippen LogP contribution in [0.4, 0.5) is 0 Å². The first-order valence-electron chi connectivity index (χ1n) is 19.3. The van der Waals surface area contributed by atoms with Gasteiger partial charge in [-0.05, 0) is 32.1 Å². The second kappa shape index (κ2) is 29.0. The Morgan fingerprint density at radius 1 is 0.784 bits per heavy atom. The number of unbranched alkanes of at least 4 members (excludes halogenated alkanes) is 16. The first-order chi connectivity index (χ1) is 24.4. The maximum absolute atomic E-state index is 13.0. The molecule has 1 amide bonds. The molecule has 1 aliphatic rings. The van der Waals surface area contributed by atoms with Crippen molar-refractivity contribution >= 4 is 16.3 Å². The molecule has 300 valence electrons. The molecule has 1 rings (SSSR count). The summed E-state index contributed by atoms with van der Waals surface area (Å²) in [5.74, 6) is -0.717. The Hall–Kier alpha value is -1.46. The average Bonchev–Trinajstić information content (AvgIpc) is 3.09. The first kappa shape index (κ1) is 47.6. The van der Waals surface area contributed by atoms with Crippen LogP contribution in [0.1, 0.15) is 142 Å². The van der Waals surface area contributed by atoms with Crippen LogP contribution in [0, 0.1) is 0 Å². The number of rotatable bonds is 31. The van der Waals surface area contributed by atoms with E-state index >= 15 is 0 Å². The van der Waals surface area contributed by atoms with Crippen LogP contribution in [0.2, 0.25) is 0 Å². The zero-order valence-electron chi connectivity index (χ0n) is 31.0. The third kappa shape index (κ3) is 22.4.